The SMILES string of the molecule is CC1=C(CC(=O)O)C2=CC(=O)C(F)CC2N1C(=O)c1ccc(SC(F)F)s1. The van der Waals surface area contributed by atoms with Crippen LogP contribution in [0.4, 0.5) is 13.2 Å². The molecule has 1 aliphatic heterocycles. The summed E-state index contributed by atoms with van der Waals surface area (Å²) in [5.41, 5.74) is 0.970. The van der Waals surface area contributed by atoms with Gasteiger partial charge in [-0.1, -0.05) is 0 Å². The molecule has 1 amide bonds. The maximum absolute atomic E-state index is 14.0. The molecule has 5 nitrogen and oxygen atoms in total. The van der Waals surface area contributed by atoms with Crippen molar-refractivity contribution in [3.8, 4) is 0 Å². The summed E-state index contributed by atoms with van der Waals surface area (Å²) in [6, 6.07) is 2.03. The van der Waals surface area contributed by atoms with Crippen molar-refractivity contribution in [2.45, 2.75) is 41.9 Å². The summed E-state index contributed by atoms with van der Waals surface area (Å²) in [5.74, 6) is -5.04. The highest BCUT2D eigenvalue weighted by Crippen LogP contribution is 2.42. The fourth-order valence-electron chi connectivity index (χ4n) is 3.28. The van der Waals surface area contributed by atoms with Crippen LogP contribution in [0.15, 0.2) is 39.3 Å². The summed E-state index contributed by atoms with van der Waals surface area (Å²) >= 11 is 1.21. The Labute approximate surface area is 160 Å². The van der Waals surface area contributed by atoms with Crippen molar-refractivity contribution in [3.63, 3.8) is 0 Å². The number of nitrogens with zero attached hydrogens (tertiary/aromatic N) is 1. The van der Waals surface area contributed by atoms with Gasteiger partial charge in [-0.15, -0.1) is 11.3 Å². The zero-order chi connectivity index (χ0) is 19.9. The first-order valence-electron chi connectivity index (χ1n) is 7.88. The van der Waals surface area contributed by atoms with E-state index in [-0.39, 0.29) is 15.5 Å². The van der Waals surface area contributed by atoms with Crippen molar-refractivity contribution in [2.75, 3.05) is 0 Å². The van der Waals surface area contributed by atoms with Crippen LogP contribution in [0.25, 0.3) is 0 Å². The number of carbonyl (C=O) groups is 3. The molecule has 1 N–H and O–H groups in total. The molecule has 2 atom stereocenters. The number of ketones is 1. The van der Waals surface area contributed by atoms with Crippen molar-refractivity contribution in [2.24, 2.45) is 0 Å². The van der Waals surface area contributed by atoms with E-state index in [4.69, 9.17) is 5.11 Å². The van der Waals surface area contributed by atoms with Gasteiger partial charge in [-0.3, -0.25) is 14.4 Å². The fourth-order valence-corrected chi connectivity index (χ4v) is 4.96. The van der Waals surface area contributed by atoms with E-state index in [0.29, 0.717) is 28.6 Å². The van der Waals surface area contributed by atoms with Crippen LogP contribution in [0.1, 0.15) is 29.4 Å². The van der Waals surface area contributed by atoms with Gasteiger partial charge in [0.15, 0.2) is 12.0 Å². The number of rotatable bonds is 5. The molecule has 0 saturated carbocycles. The third kappa shape index (κ3) is 3.81. The lowest BCUT2D eigenvalue weighted by Gasteiger charge is -2.29. The molecule has 0 fully saturated rings. The Morgan fingerprint density at radius 2 is 2.11 bits per heavy atom. The number of carboxylic acid groups (broad SMARTS) is 1. The second kappa shape index (κ2) is 7.51. The Balaban J connectivity index is 1.97. The molecular formula is C17H14F3NO4S2. The van der Waals surface area contributed by atoms with E-state index in [9.17, 15) is 27.6 Å². The number of hydrogen-bond acceptors (Lipinski definition) is 5. The van der Waals surface area contributed by atoms with E-state index in [1.165, 1.54) is 24.0 Å². The normalized spacial score (nSPS) is 22.3. The Kier molecular flexibility index (Phi) is 5.48. The number of fused-ring (bicyclic) bond motifs is 1. The van der Waals surface area contributed by atoms with Gasteiger partial charge in [0.05, 0.1) is 21.5 Å². The van der Waals surface area contributed by atoms with E-state index >= 15 is 0 Å². The van der Waals surface area contributed by atoms with Crippen LogP contribution in [-0.2, 0) is 9.59 Å². The first kappa shape index (κ1) is 19.7. The number of carboxylic acids is 1. The van der Waals surface area contributed by atoms with Crippen molar-refractivity contribution >= 4 is 40.8 Å². The molecule has 10 heteroatoms. The Bertz CT molecular complexity index is 877. The smallest absolute Gasteiger partial charge is 0.307 e. The molecule has 2 heterocycles. The van der Waals surface area contributed by atoms with Crippen LogP contribution in [0, 0.1) is 0 Å². The zero-order valence-corrected chi connectivity index (χ0v) is 15.6. The van der Waals surface area contributed by atoms with Crippen molar-refractivity contribution in [3.05, 3.63) is 39.9 Å². The minimum Gasteiger partial charge on any atom is -0.481 e. The van der Waals surface area contributed by atoms with E-state index in [0.717, 1.165) is 17.4 Å². The first-order chi connectivity index (χ1) is 12.7. The number of allylic oxidation sites excluding steroid dienone is 2. The molecule has 1 aromatic rings. The van der Waals surface area contributed by atoms with Gasteiger partial charge in [-0.2, -0.15) is 8.78 Å². The molecule has 1 aromatic heterocycles. The molecule has 1 aliphatic carbocycles. The van der Waals surface area contributed by atoms with Crippen LogP contribution in [0.2, 0.25) is 0 Å². The highest BCUT2D eigenvalue weighted by Gasteiger charge is 2.44. The van der Waals surface area contributed by atoms with E-state index in [1.54, 1.807) is 0 Å². The highest BCUT2D eigenvalue weighted by molar-refractivity contribution is 8.01. The number of thiophene rings is 1. The molecule has 0 bridgehead atoms. The summed E-state index contributed by atoms with van der Waals surface area (Å²) in [5, 5.41) is 9.13. The van der Waals surface area contributed by atoms with Crippen LogP contribution in [-0.4, -0.2) is 45.6 Å². The van der Waals surface area contributed by atoms with Gasteiger partial charge < -0.3 is 10.0 Å². The molecule has 0 radical (unpaired) electrons. The number of hydrogen-bond donors (Lipinski definition) is 1. The quantitative estimate of drug-likeness (QED) is 0.736. The average Bonchev–Trinajstić information content (AvgIpc) is 3.11. The molecule has 0 spiro atoms. The van der Waals surface area contributed by atoms with Crippen molar-refractivity contribution in [1.29, 1.82) is 0 Å². The predicted molar refractivity (Wildman–Crippen MR) is 93.7 cm³/mol. The largest absolute Gasteiger partial charge is 0.481 e. The van der Waals surface area contributed by atoms with Gasteiger partial charge in [0.1, 0.15) is 0 Å². The fraction of sp³-hybridized carbons (Fsp3) is 0.353. The third-order valence-corrected chi connectivity index (χ3v) is 6.35. The number of aliphatic carboxylic acids is 1. The molecule has 3 rings (SSSR count). The van der Waals surface area contributed by atoms with Crippen LogP contribution < -0.4 is 0 Å². The Morgan fingerprint density at radius 1 is 1.41 bits per heavy atom. The summed E-state index contributed by atoms with van der Waals surface area (Å²) in [7, 11) is 0. The van der Waals surface area contributed by atoms with Crippen molar-refractivity contribution < 1.29 is 32.7 Å². The van der Waals surface area contributed by atoms with E-state index < -0.39 is 42.1 Å². The molecule has 2 unspecified atom stereocenters. The second-order valence-electron chi connectivity index (χ2n) is 6.03. The Hall–Kier alpha value is -2.07. The van der Waals surface area contributed by atoms with Gasteiger partial charge in [0, 0.05) is 12.1 Å². The van der Waals surface area contributed by atoms with Crippen molar-refractivity contribution in [1.82, 2.24) is 4.90 Å². The van der Waals surface area contributed by atoms with Gasteiger partial charge >= 0.3 is 5.97 Å². The van der Waals surface area contributed by atoms with Gasteiger partial charge in [-0.05, 0) is 48.0 Å². The molecule has 2 aliphatic rings. The highest BCUT2D eigenvalue weighted by atomic mass is 32.2. The van der Waals surface area contributed by atoms with E-state index in [2.05, 4.69) is 0 Å². The van der Waals surface area contributed by atoms with Crippen LogP contribution in [0.3, 0.4) is 0 Å². The first-order valence-corrected chi connectivity index (χ1v) is 9.58. The van der Waals surface area contributed by atoms with Crippen LogP contribution >= 0.6 is 23.1 Å². The number of amides is 1. The summed E-state index contributed by atoms with van der Waals surface area (Å²) in [6.45, 7) is 1.54. The number of thioether (sulfide) groups is 1. The minimum atomic E-state index is -2.62. The summed E-state index contributed by atoms with van der Waals surface area (Å²) in [6.07, 6.45) is -1.38. The lowest BCUT2D eigenvalue weighted by molar-refractivity contribution is -0.136. The second-order valence-corrected chi connectivity index (χ2v) is 8.40. The lowest BCUT2D eigenvalue weighted by Crippen LogP contribution is -2.40. The molecule has 144 valence electrons. The maximum Gasteiger partial charge on any atom is 0.307 e. The topological polar surface area (TPSA) is 74.7 Å². The van der Waals surface area contributed by atoms with Crippen LogP contribution in [0.5, 0.6) is 0 Å². The third-order valence-electron chi connectivity index (χ3n) is 4.40. The molecule has 0 aromatic carbocycles. The van der Waals surface area contributed by atoms with Gasteiger partial charge in [0.25, 0.3) is 11.7 Å². The minimum absolute atomic E-state index is 0.181. The number of halogens is 3. The number of alkyl halides is 3. The van der Waals surface area contributed by atoms with E-state index in [1.807, 2.05) is 0 Å². The lowest BCUT2D eigenvalue weighted by atomic mass is 9.88. The standard InChI is InChI=1S/C17H14F3NO4S2/c1-7-8(5-14(23)24)9-4-12(22)10(18)6-11(9)21(7)16(25)13-2-3-15(26-13)27-17(19)20/h2-4,10-11,17H,5-6H2,1H3,(H,23,24). The zero-order valence-electron chi connectivity index (χ0n) is 13.9. The monoisotopic (exact) mass is 417 g/mol. The maximum atomic E-state index is 14.0. The predicted octanol–water partition coefficient (Wildman–Crippen LogP) is 3.87. The molecule has 0 saturated heterocycles. The molecular weight excluding hydrogens is 403 g/mol. The summed E-state index contributed by atoms with van der Waals surface area (Å²) in [4.78, 5) is 37.3. The average molecular weight is 417 g/mol. The van der Waals surface area contributed by atoms with Gasteiger partial charge in [-0.25, -0.2) is 4.39 Å². The molecule has 27 heavy (non-hydrogen) atoms. The Morgan fingerprint density at radius 3 is 2.74 bits per heavy atom. The number of carbonyl (C=O) groups excluding carboxylic acids is 2. The van der Waals surface area contributed by atoms with Gasteiger partial charge in [0.2, 0.25) is 0 Å². The summed E-state index contributed by atoms with van der Waals surface area (Å²) < 4.78 is 39.2.